The molecule has 2 nitrogen and oxygen atoms in total. The molecule has 43 heavy (non-hydrogen) atoms. The summed E-state index contributed by atoms with van der Waals surface area (Å²) in [5.74, 6) is 0. The molecule has 3 heteroatoms. The number of rotatable bonds is 5. The van der Waals surface area contributed by atoms with E-state index >= 15 is 0 Å². The molecular formula is C40H26ClNO. The van der Waals surface area contributed by atoms with Crippen LogP contribution >= 0.6 is 11.6 Å². The van der Waals surface area contributed by atoms with Crippen molar-refractivity contribution in [3.8, 4) is 22.3 Å². The summed E-state index contributed by atoms with van der Waals surface area (Å²) in [6.07, 6.45) is 0. The second-order valence-electron chi connectivity index (χ2n) is 10.7. The minimum Gasteiger partial charge on any atom is -0.454 e. The van der Waals surface area contributed by atoms with Gasteiger partial charge in [0, 0.05) is 33.9 Å². The molecule has 0 fully saturated rings. The van der Waals surface area contributed by atoms with E-state index in [1.54, 1.807) is 0 Å². The summed E-state index contributed by atoms with van der Waals surface area (Å²) < 4.78 is 6.47. The number of anilines is 3. The maximum absolute atomic E-state index is 6.74. The van der Waals surface area contributed by atoms with Gasteiger partial charge in [-0.05, 0) is 75.5 Å². The Morgan fingerprint density at radius 1 is 0.442 bits per heavy atom. The van der Waals surface area contributed by atoms with Gasteiger partial charge in [-0.1, -0.05) is 121 Å². The van der Waals surface area contributed by atoms with Gasteiger partial charge in [-0.15, -0.1) is 0 Å². The Hall–Kier alpha value is -5.31. The van der Waals surface area contributed by atoms with E-state index in [-0.39, 0.29) is 0 Å². The molecule has 0 aliphatic rings. The first-order valence-electron chi connectivity index (χ1n) is 14.4. The van der Waals surface area contributed by atoms with E-state index in [1.807, 2.05) is 24.3 Å². The van der Waals surface area contributed by atoms with Gasteiger partial charge < -0.3 is 9.32 Å². The van der Waals surface area contributed by atoms with E-state index in [0.717, 1.165) is 55.3 Å². The summed E-state index contributed by atoms with van der Waals surface area (Å²) in [5.41, 5.74) is 9.36. The van der Waals surface area contributed by atoms with E-state index in [4.69, 9.17) is 16.0 Å². The average molecular weight is 572 g/mol. The molecule has 0 N–H and O–H groups in total. The standard InChI is InChI=1S/C40H26ClNO/c41-37-25-31-14-7-8-17-35(31)39-36-23-22-34(26-38(36)43-40(37)39)42(32-20-18-29(19-21-32)27-10-3-1-4-11-27)33-16-9-15-30(24-33)28-12-5-2-6-13-28/h1-26H. The van der Waals surface area contributed by atoms with Crippen LogP contribution < -0.4 is 4.90 Å². The molecule has 8 rings (SSSR count). The summed E-state index contributed by atoms with van der Waals surface area (Å²) in [6, 6.07) is 55.1. The molecule has 0 amide bonds. The fraction of sp³-hybridized carbons (Fsp3) is 0. The molecule has 0 bridgehead atoms. The molecule has 1 aromatic heterocycles. The predicted octanol–water partition coefficient (Wildman–Crippen LogP) is 12.2. The van der Waals surface area contributed by atoms with Crippen molar-refractivity contribution >= 4 is 61.4 Å². The zero-order valence-electron chi connectivity index (χ0n) is 23.2. The molecule has 0 saturated heterocycles. The van der Waals surface area contributed by atoms with Gasteiger partial charge in [-0.25, -0.2) is 0 Å². The predicted molar refractivity (Wildman–Crippen MR) is 182 cm³/mol. The Morgan fingerprint density at radius 3 is 1.81 bits per heavy atom. The van der Waals surface area contributed by atoms with Crippen molar-refractivity contribution in [1.82, 2.24) is 0 Å². The van der Waals surface area contributed by atoms with Crippen molar-refractivity contribution in [1.29, 1.82) is 0 Å². The third-order valence-electron chi connectivity index (χ3n) is 8.11. The van der Waals surface area contributed by atoms with Crippen LogP contribution in [0.3, 0.4) is 0 Å². The molecule has 8 aromatic rings. The first-order valence-corrected chi connectivity index (χ1v) is 14.8. The zero-order chi connectivity index (χ0) is 28.8. The van der Waals surface area contributed by atoms with Crippen LogP contribution in [0, 0.1) is 0 Å². The molecule has 0 spiro atoms. The van der Waals surface area contributed by atoms with Crippen molar-refractivity contribution < 1.29 is 4.42 Å². The molecule has 0 radical (unpaired) electrons. The quantitative estimate of drug-likeness (QED) is 0.204. The van der Waals surface area contributed by atoms with Crippen LogP contribution in [0.1, 0.15) is 0 Å². The van der Waals surface area contributed by atoms with Gasteiger partial charge >= 0.3 is 0 Å². The largest absolute Gasteiger partial charge is 0.454 e. The van der Waals surface area contributed by atoms with Gasteiger partial charge in [0.05, 0.1) is 5.02 Å². The molecule has 0 aliphatic carbocycles. The molecular weight excluding hydrogens is 546 g/mol. The highest BCUT2D eigenvalue weighted by molar-refractivity contribution is 6.38. The monoisotopic (exact) mass is 571 g/mol. The fourth-order valence-corrected chi connectivity index (χ4v) is 6.30. The first-order chi connectivity index (χ1) is 21.2. The SMILES string of the molecule is Clc1cc2ccccc2c2c1oc1cc(N(c3ccc(-c4ccccc4)cc3)c3cccc(-c4ccccc4)c3)ccc12. The second-order valence-corrected chi connectivity index (χ2v) is 11.1. The maximum atomic E-state index is 6.74. The van der Waals surface area contributed by atoms with Gasteiger partial charge in [0.15, 0.2) is 5.58 Å². The summed E-state index contributed by atoms with van der Waals surface area (Å²) in [7, 11) is 0. The van der Waals surface area contributed by atoms with Crippen LogP contribution in [0.25, 0.3) is 55.0 Å². The second kappa shape index (κ2) is 10.5. The van der Waals surface area contributed by atoms with Crippen molar-refractivity contribution in [2.24, 2.45) is 0 Å². The topological polar surface area (TPSA) is 16.4 Å². The molecule has 1 heterocycles. The molecule has 7 aromatic carbocycles. The van der Waals surface area contributed by atoms with Crippen molar-refractivity contribution in [2.75, 3.05) is 4.90 Å². The molecule has 204 valence electrons. The number of nitrogens with zero attached hydrogens (tertiary/aromatic N) is 1. The third-order valence-corrected chi connectivity index (χ3v) is 8.39. The summed E-state index contributed by atoms with van der Waals surface area (Å²) in [6.45, 7) is 0. The lowest BCUT2D eigenvalue weighted by molar-refractivity contribution is 0.669. The first kappa shape index (κ1) is 25.4. The summed E-state index contributed by atoms with van der Waals surface area (Å²) in [5, 5.41) is 4.96. The van der Waals surface area contributed by atoms with Gasteiger partial charge in [-0.3, -0.25) is 0 Å². The lowest BCUT2D eigenvalue weighted by atomic mass is 10.0. The Bertz CT molecular complexity index is 2240. The van der Waals surface area contributed by atoms with E-state index in [9.17, 15) is 0 Å². The number of hydrogen-bond donors (Lipinski definition) is 0. The van der Waals surface area contributed by atoms with Crippen LogP contribution in [0.5, 0.6) is 0 Å². The third kappa shape index (κ3) is 4.53. The van der Waals surface area contributed by atoms with Gasteiger partial charge in [-0.2, -0.15) is 0 Å². The normalized spacial score (nSPS) is 11.4. The smallest absolute Gasteiger partial charge is 0.154 e. The Balaban J connectivity index is 1.31. The highest BCUT2D eigenvalue weighted by atomic mass is 35.5. The van der Waals surface area contributed by atoms with Crippen molar-refractivity contribution in [3.05, 3.63) is 163 Å². The molecule has 0 unspecified atom stereocenters. The molecule has 0 aliphatic heterocycles. The molecule has 0 atom stereocenters. The number of halogens is 1. The van der Waals surface area contributed by atoms with Crippen LogP contribution in [0.15, 0.2) is 162 Å². The van der Waals surface area contributed by atoms with Crippen LogP contribution in [0.2, 0.25) is 5.02 Å². The van der Waals surface area contributed by atoms with E-state index in [1.165, 1.54) is 16.7 Å². The lowest BCUT2D eigenvalue weighted by Gasteiger charge is -2.26. The number of furan rings is 1. The minimum atomic E-state index is 0.621. The Morgan fingerprint density at radius 2 is 1.05 bits per heavy atom. The maximum Gasteiger partial charge on any atom is 0.154 e. The van der Waals surface area contributed by atoms with Crippen LogP contribution in [0.4, 0.5) is 17.1 Å². The van der Waals surface area contributed by atoms with Crippen molar-refractivity contribution in [2.45, 2.75) is 0 Å². The van der Waals surface area contributed by atoms with Gasteiger partial charge in [0.25, 0.3) is 0 Å². The summed E-state index contributed by atoms with van der Waals surface area (Å²) in [4.78, 5) is 2.29. The highest BCUT2D eigenvalue weighted by Crippen LogP contribution is 2.43. The number of fused-ring (bicyclic) bond motifs is 5. The number of benzene rings is 7. The van der Waals surface area contributed by atoms with Gasteiger partial charge in [0.2, 0.25) is 0 Å². The minimum absolute atomic E-state index is 0.621. The Labute approximate surface area is 255 Å². The summed E-state index contributed by atoms with van der Waals surface area (Å²) >= 11 is 6.74. The average Bonchev–Trinajstić information content (AvgIpc) is 3.46. The number of hydrogen-bond acceptors (Lipinski definition) is 2. The lowest BCUT2D eigenvalue weighted by Crippen LogP contribution is -2.10. The van der Waals surface area contributed by atoms with E-state index in [2.05, 4.69) is 138 Å². The molecule has 0 saturated carbocycles. The van der Waals surface area contributed by atoms with Crippen LogP contribution in [-0.4, -0.2) is 0 Å². The highest BCUT2D eigenvalue weighted by Gasteiger charge is 2.18. The Kier molecular flexibility index (Phi) is 6.21. The fourth-order valence-electron chi connectivity index (χ4n) is 6.05. The van der Waals surface area contributed by atoms with E-state index in [0.29, 0.717) is 5.02 Å². The van der Waals surface area contributed by atoms with Gasteiger partial charge in [0.1, 0.15) is 5.58 Å². The van der Waals surface area contributed by atoms with E-state index < -0.39 is 0 Å². The van der Waals surface area contributed by atoms with Crippen LogP contribution in [-0.2, 0) is 0 Å². The zero-order valence-corrected chi connectivity index (χ0v) is 24.0. The van der Waals surface area contributed by atoms with Crippen molar-refractivity contribution in [3.63, 3.8) is 0 Å².